The van der Waals surface area contributed by atoms with Gasteiger partial charge in [-0.15, -0.1) is 0 Å². The van der Waals surface area contributed by atoms with E-state index in [0.29, 0.717) is 0 Å². The van der Waals surface area contributed by atoms with Crippen LogP contribution in [0.3, 0.4) is 0 Å². The molecule has 3 heteroatoms. The number of hydrogen-bond donors (Lipinski definition) is 0. The third-order valence-electron chi connectivity index (χ3n) is 2.76. The second-order valence-corrected chi connectivity index (χ2v) is 5.10. The average Bonchev–Trinajstić information content (AvgIpc) is 2.78. The van der Waals surface area contributed by atoms with E-state index in [0.717, 1.165) is 11.4 Å². The first kappa shape index (κ1) is 11.7. The Hall–Kier alpha value is -1.77. The minimum atomic E-state index is 0.101. The van der Waals surface area contributed by atoms with Crippen molar-refractivity contribution < 1.29 is 9.30 Å². The fourth-order valence-corrected chi connectivity index (χ4v) is 1.68. The van der Waals surface area contributed by atoms with Gasteiger partial charge in [0.25, 0.3) is 0 Å². The van der Waals surface area contributed by atoms with Gasteiger partial charge in [-0.05, 0) is 32.9 Å². The van der Waals surface area contributed by atoms with Crippen LogP contribution in [-0.4, -0.2) is 11.7 Å². The summed E-state index contributed by atoms with van der Waals surface area (Å²) >= 11 is 0. The van der Waals surface area contributed by atoms with Crippen LogP contribution in [0.4, 0.5) is 0 Å². The van der Waals surface area contributed by atoms with Gasteiger partial charge in [0, 0.05) is 6.07 Å². The van der Waals surface area contributed by atoms with Crippen LogP contribution in [0.5, 0.6) is 5.75 Å². The molecular weight excluding hydrogens is 212 g/mol. The summed E-state index contributed by atoms with van der Waals surface area (Å²) < 4.78 is 9.51. The number of hydrogen-bond acceptors (Lipinski definition) is 1. The zero-order chi connectivity index (χ0) is 12.5. The molecule has 0 unspecified atom stereocenters. The second kappa shape index (κ2) is 4.24. The largest absolute Gasteiger partial charge is 0.497 e. The van der Waals surface area contributed by atoms with E-state index >= 15 is 0 Å². The van der Waals surface area contributed by atoms with Crippen molar-refractivity contribution in [1.82, 2.24) is 4.57 Å². The summed E-state index contributed by atoms with van der Waals surface area (Å²) in [5.41, 5.74) is 1.21. The van der Waals surface area contributed by atoms with E-state index in [-0.39, 0.29) is 5.54 Å². The molecule has 0 atom stereocenters. The molecule has 2 rings (SSSR count). The number of methoxy groups -OCH3 is 1. The highest BCUT2D eigenvalue weighted by Gasteiger charge is 2.19. The molecule has 0 spiro atoms. The summed E-state index contributed by atoms with van der Waals surface area (Å²) in [5, 5.41) is 0. The van der Waals surface area contributed by atoms with Crippen LogP contribution in [0.25, 0.3) is 5.69 Å². The fraction of sp³-hybridized carbons (Fsp3) is 0.357. The Balaban J connectivity index is 2.37. The zero-order valence-electron chi connectivity index (χ0n) is 10.8. The second-order valence-electron chi connectivity index (χ2n) is 5.10. The first-order valence-electron chi connectivity index (χ1n) is 5.75. The Morgan fingerprint density at radius 2 is 2.00 bits per heavy atom. The highest BCUT2D eigenvalue weighted by atomic mass is 16.5. The Labute approximate surface area is 102 Å². The van der Waals surface area contributed by atoms with Crippen LogP contribution in [0.1, 0.15) is 20.8 Å². The van der Waals surface area contributed by atoms with E-state index < -0.39 is 0 Å². The van der Waals surface area contributed by atoms with Gasteiger partial charge in [-0.2, -0.15) is 0 Å². The average molecular weight is 231 g/mol. The molecule has 3 nitrogen and oxygen atoms in total. The van der Waals surface area contributed by atoms with Gasteiger partial charge >= 0.3 is 0 Å². The van der Waals surface area contributed by atoms with Crippen molar-refractivity contribution in [2.45, 2.75) is 26.3 Å². The molecule has 1 aromatic carbocycles. The monoisotopic (exact) mass is 231 g/mol. The topological polar surface area (TPSA) is 18.0 Å². The Morgan fingerprint density at radius 3 is 2.59 bits per heavy atom. The predicted octanol–water partition coefficient (Wildman–Crippen LogP) is 2.53. The van der Waals surface area contributed by atoms with Crippen molar-refractivity contribution in [3.05, 3.63) is 43.0 Å². The maximum Gasteiger partial charge on any atom is 0.249 e. The molecule has 17 heavy (non-hydrogen) atoms. The molecule has 0 saturated heterocycles. The standard InChI is InChI=1S/C14H19N2O/c1-14(2,3)16-9-8-15(11-16)12-6-5-7-13(10-12)17-4/h5-11H,1-4H3/q+1. The van der Waals surface area contributed by atoms with E-state index in [1.165, 1.54) is 0 Å². The summed E-state index contributed by atoms with van der Waals surface area (Å²) in [6.07, 6.45) is 6.23. The maximum absolute atomic E-state index is 5.23. The van der Waals surface area contributed by atoms with Gasteiger partial charge in [0.05, 0.1) is 7.11 Å². The molecule has 0 amide bonds. The third kappa shape index (κ3) is 2.49. The molecule has 0 radical (unpaired) electrons. The highest BCUT2D eigenvalue weighted by Crippen LogP contribution is 2.16. The summed E-state index contributed by atoms with van der Waals surface area (Å²) in [5.74, 6) is 0.874. The first-order valence-corrected chi connectivity index (χ1v) is 5.75. The molecule has 0 fully saturated rings. The van der Waals surface area contributed by atoms with Crippen LogP contribution in [0.15, 0.2) is 43.0 Å². The minimum absolute atomic E-state index is 0.101. The van der Waals surface area contributed by atoms with Crippen molar-refractivity contribution in [1.29, 1.82) is 0 Å². The van der Waals surface area contributed by atoms with E-state index in [9.17, 15) is 0 Å². The van der Waals surface area contributed by atoms with Crippen molar-refractivity contribution in [3.63, 3.8) is 0 Å². The summed E-state index contributed by atoms with van der Waals surface area (Å²) in [4.78, 5) is 0. The van der Waals surface area contributed by atoms with Crippen molar-refractivity contribution in [2.75, 3.05) is 7.11 Å². The van der Waals surface area contributed by atoms with Gasteiger partial charge in [0.1, 0.15) is 29.4 Å². The van der Waals surface area contributed by atoms with Crippen LogP contribution >= 0.6 is 0 Å². The lowest BCUT2D eigenvalue weighted by Crippen LogP contribution is -2.48. The molecule has 0 aliphatic carbocycles. The van der Waals surface area contributed by atoms with Gasteiger partial charge in [0.2, 0.25) is 6.33 Å². The van der Waals surface area contributed by atoms with Gasteiger partial charge in [-0.1, -0.05) is 6.07 Å². The fourth-order valence-electron chi connectivity index (χ4n) is 1.68. The highest BCUT2D eigenvalue weighted by molar-refractivity contribution is 5.38. The smallest absolute Gasteiger partial charge is 0.249 e. The third-order valence-corrected chi connectivity index (χ3v) is 2.76. The molecule has 0 bridgehead atoms. The lowest BCUT2D eigenvalue weighted by molar-refractivity contribution is -0.753. The summed E-state index contributed by atoms with van der Waals surface area (Å²) in [6.45, 7) is 6.55. The van der Waals surface area contributed by atoms with E-state index in [2.05, 4.69) is 54.7 Å². The molecule has 2 aromatic rings. The Kier molecular flexibility index (Phi) is 2.92. The molecule has 0 saturated carbocycles. The number of nitrogens with zero attached hydrogens (tertiary/aromatic N) is 2. The van der Waals surface area contributed by atoms with Gasteiger partial charge < -0.3 is 4.74 Å². The van der Waals surface area contributed by atoms with Crippen molar-refractivity contribution >= 4 is 0 Å². The normalized spacial score (nSPS) is 11.5. The maximum atomic E-state index is 5.23. The van der Waals surface area contributed by atoms with E-state index in [4.69, 9.17) is 4.74 Å². The first-order chi connectivity index (χ1) is 8.00. The van der Waals surface area contributed by atoms with Gasteiger partial charge in [0.15, 0.2) is 0 Å². The molecule has 0 N–H and O–H groups in total. The van der Waals surface area contributed by atoms with Crippen LogP contribution in [0, 0.1) is 0 Å². The molecule has 90 valence electrons. The Morgan fingerprint density at radius 1 is 1.24 bits per heavy atom. The summed E-state index contributed by atoms with van der Waals surface area (Å²) in [7, 11) is 1.68. The predicted molar refractivity (Wildman–Crippen MR) is 67.5 cm³/mol. The van der Waals surface area contributed by atoms with Crippen molar-refractivity contribution in [3.8, 4) is 11.4 Å². The number of ether oxygens (including phenoxy) is 1. The SMILES string of the molecule is COc1cccc(-n2cc[n+](C(C)(C)C)c2)c1. The van der Waals surface area contributed by atoms with Gasteiger partial charge in [-0.25, -0.2) is 9.13 Å². The van der Waals surface area contributed by atoms with Crippen LogP contribution in [0.2, 0.25) is 0 Å². The van der Waals surface area contributed by atoms with E-state index in [1.54, 1.807) is 7.11 Å². The minimum Gasteiger partial charge on any atom is -0.497 e. The van der Waals surface area contributed by atoms with Crippen molar-refractivity contribution in [2.24, 2.45) is 0 Å². The molecule has 0 aliphatic rings. The zero-order valence-corrected chi connectivity index (χ0v) is 10.8. The van der Waals surface area contributed by atoms with E-state index in [1.807, 2.05) is 18.2 Å². The number of aromatic nitrogens is 2. The Bertz CT molecular complexity index is 509. The summed E-state index contributed by atoms with van der Waals surface area (Å²) in [6, 6.07) is 8.03. The number of rotatable bonds is 2. The molecular formula is C14H19N2O+. The van der Waals surface area contributed by atoms with Gasteiger partial charge in [-0.3, -0.25) is 0 Å². The molecule has 0 aliphatic heterocycles. The molecule has 1 aromatic heterocycles. The number of imidazole rings is 1. The number of benzene rings is 1. The van der Waals surface area contributed by atoms with Crippen LogP contribution in [-0.2, 0) is 5.54 Å². The lowest BCUT2D eigenvalue weighted by Gasteiger charge is -2.13. The molecule has 1 heterocycles. The lowest BCUT2D eigenvalue weighted by atomic mass is 10.1. The van der Waals surface area contributed by atoms with Crippen LogP contribution < -0.4 is 9.30 Å². The quantitative estimate of drug-likeness (QED) is 0.726.